The summed E-state index contributed by atoms with van der Waals surface area (Å²) in [6.45, 7) is 0. The molecule has 0 aliphatic carbocycles. The van der Waals surface area contributed by atoms with Gasteiger partial charge in [0.2, 0.25) is 0 Å². The fourth-order valence-corrected chi connectivity index (χ4v) is 2.27. The molecule has 1 aliphatic rings. The Kier molecular flexibility index (Phi) is 3.02. The predicted octanol–water partition coefficient (Wildman–Crippen LogP) is 3.37. The van der Waals surface area contributed by atoms with Gasteiger partial charge in [0.1, 0.15) is 6.04 Å². The molecule has 3 heteroatoms. The number of para-hydroxylation sites is 2. The highest BCUT2D eigenvalue weighted by atomic mass is 14.9. The average Bonchev–Trinajstić information content (AvgIpc) is 2.41. The number of benzene rings is 2. The van der Waals surface area contributed by atoms with E-state index in [9.17, 15) is 0 Å². The lowest BCUT2D eigenvalue weighted by Crippen LogP contribution is -2.06. The van der Waals surface area contributed by atoms with E-state index in [0.29, 0.717) is 0 Å². The Bertz CT molecular complexity index is 644. The van der Waals surface area contributed by atoms with Crippen molar-refractivity contribution in [1.82, 2.24) is 0 Å². The van der Waals surface area contributed by atoms with Crippen molar-refractivity contribution in [3.05, 3.63) is 71.9 Å². The number of aliphatic imine (C=N–C) groups is 1. The van der Waals surface area contributed by atoms with Crippen molar-refractivity contribution in [1.29, 1.82) is 0 Å². The van der Waals surface area contributed by atoms with Crippen molar-refractivity contribution in [2.24, 2.45) is 4.99 Å². The summed E-state index contributed by atoms with van der Waals surface area (Å²) in [7, 11) is 0. The van der Waals surface area contributed by atoms with E-state index in [-0.39, 0.29) is 6.04 Å². The van der Waals surface area contributed by atoms with Crippen molar-refractivity contribution >= 4 is 17.6 Å². The van der Waals surface area contributed by atoms with Crippen molar-refractivity contribution in [3.63, 3.8) is 0 Å². The molecule has 3 rings (SSSR count). The molecule has 0 saturated heterocycles. The van der Waals surface area contributed by atoms with E-state index < -0.39 is 0 Å². The van der Waals surface area contributed by atoms with Gasteiger partial charge in [0.25, 0.3) is 0 Å². The zero-order valence-corrected chi connectivity index (χ0v) is 10.5. The third-order valence-corrected chi connectivity index (χ3v) is 3.20. The van der Waals surface area contributed by atoms with E-state index in [1.54, 1.807) is 6.21 Å². The monoisotopic (exact) mass is 249 g/mol. The van der Waals surface area contributed by atoms with Crippen LogP contribution >= 0.6 is 0 Å². The van der Waals surface area contributed by atoms with E-state index in [1.807, 2.05) is 54.7 Å². The van der Waals surface area contributed by atoms with Gasteiger partial charge in [0.05, 0.1) is 0 Å². The first-order valence-electron chi connectivity index (χ1n) is 6.24. The minimum atomic E-state index is -0.0742. The Morgan fingerprint density at radius 1 is 0.947 bits per heavy atom. The maximum absolute atomic E-state index is 6.09. The normalized spacial score (nSPS) is 18.8. The smallest absolute Gasteiger partial charge is 0.104 e. The number of fused-ring (bicyclic) bond motifs is 1. The standard InChI is InChI=1S/C16H15N3/c17-14-8-3-1-6-12(14)16-13-7-2-4-9-15(13)18-10-5-11-19-16/h1-11,16,18H,17H2/b10-5-,19-11?. The minimum Gasteiger partial charge on any atom is -0.398 e. The van der Waals surface area contributed by atoms with Crippen molar-refractivity contribution in [3.8, 4) is 0 Å². The molecule has 0 spiro atoms. The van der Waals surface area contributed by atoms with E-state index in [2.05, 4.69) is 16.4 Å². The van der Waals surface area contributed by atoms with Crippen molar-refractivity contribution in [2.45, 2.75) is 6.04 Å². The van der Waals surface area contributed by atoms with E-state index in [0.717, 1.165) is 22.5 Å². The van der Waals surface area contributed by atoms with Crippen LogP contribution < -0.4 is 11.1 Å². The molecular weight excluding hydrogens is 234 g/mol. The number of hydrogen-bond acceptors (Lipinski definition) is 3. The maximum atomic E-state index is 6.09. The Morgan fingerprint density at radius 2 is 1.68 bits per heavy atom. The third kappa shape index (κ3) is 2.22. The molecule has 0 aromatic heterocycles. The zero-order chi connectivity index (χ0) is 13.1. The number of anilines is 2. The van der Waals surface area contributed by atoms with Crippen LogP contribution in [0.15, 0.2) is 65.8 Å². The van der Waals surface area contributed by atoms with Crippen LogP contribution in [-0.2, 0) is 0 Å². The van der Waals surface area contributed by atoms with Gasteiger partial charge in [-0.1, -0.05) is 36.4 Å². The summed E-state index contributed by atoms with van der Waals surface area (Å²) in [5.41, 5.74) is 10.1. The second-order valence-electron chi connectivity index (χ2n) is 4.42. The van der Waals surface area contributed by atoms with Crippen molar-refractivity contribution < 1.29 is 0 Å². The Hall–Kier alpha value is -2.55. The fraction of sp³-hybridized carbons (Fsp3) is 0.0625. The van der Waals surface area contributed by atoms with Crippen LogP contribution in [0.25, 0.3) is 0 Å². The molecule has 0 bridgehead atoms. The first-order chi connectivity index (χ1) is 9.36. The molecule has 94 valence electrons. The summed E-state index contributed by atoms with van der Waals surface area (Å²) >= 11 is 0. The molecule has 3 N–H and O–H groups in total. The van der Waals surface area contributed by atoms with Gasteiger partial charge in [-0.25, -0.2) is 0 Å². The van der Waals surface area contributed by atoms with E-state index in [4.69, 9.17) is 5.73 Å². The quantitative estimate of drug-likeness (QED) is 0.761. The number of nitrogens with zero attached hydrogens (tertiary/aromatic N) is 1. The minimum absolute atomic E-state index is 0.0742. The molecule has 2 aromatic carbocycles. The van der Waals surface area contributed by atoms with E-state index >= 15 is 0 Å². The largest absolute Gasteiger partial charge is 0.398 e. The Morgan fingerprint density at radius 3 is 2.53 bits per heavy atom. The van der Waals surface area contributed by atoms with Gasteiger partial charge in [-0.2, -0.15) is 0 Å². The first kappa shape index (κ1) is 11.5. The summed E-state index contributed by atoms with van der Waals surface area (Å²) in [6, 6.07) is 16.0. The van der Waals surface area contributed by atoms with E-state index in [1.165, 1.54) is 0 Å². The third-order valence-electron chi connectivity index (χ3n) is 3.20. The molecular formula is C16H15N3. The van der Waals surface area contributed by atoms with Crippen LogP contribution in [0.1, 0.15) is 17.2 Å². The highest BCUT2D eigenvalue weighted by Crippen LogP contribution is 2.34. The van der Waals surface area contributed by atoms with Gasteiger partial charge in [0.15, 0.2) is 0 Å². The molecule has 0 saturated carbocycles. The predicted molar refractivity (Wildman–Crippen MR) is 80.4 cm³/mol. The van der Waals surface area contributed by atoms with Crippen LogP contribution in [-0.4, -0.2) is 6.21 Å². The highest BCUT2D eigenvalue weighted by Gasteiger charge is 2.18. The van der Waals surface area contributed by atoms with Gasteiger partial charge in [-0.15, -0.1) is 0 Å². The Balaban J connectivity index is 2.17. The lowest BCUT2D eigenvalue weighted by Gasteiger charge is -2.19. The number of hydrogen-bond donors (Lipinski definition) is 2. The summed E-state index contributed by atoms with van der Waals surface area (Å²) in [6.07, 6.45) is 5.58. The molecule has 0 fully saturated rings. The second-order valence-corrected chi connectivity index (χ2v) is 4.42. The van der Waals surface area contributed by atoms with Crippen LogP contribution in [0, 0.1) is 0 Å². The molecule has 0 radical (unpaired) electrons. The first-order valence-corrected chi connectivity index (χ1v) is 6.24. The molecule has 2 aromatic rings. The number of nitrogen functional groups attached to an aromatic ring is 1. The Labute approximate surface area is 112 Å². The second kappa shape index (κ2) is 4.98. The lowest BCUT2D eigenvalue weighted by molar-refractivity contribution is 0.883. The molecule has 3 nitrogen and oxygen atoms in total. The summed E-state index contributed by atoms with van der Waals surface area (Å²) in [5, 5.41) is 3.27. The maximum Gasteiger partial charge on any atom is 0.104 e. The summed E-state index contributed by atoms with van der Waals surface area (Å²) in [4.78, 5) is 4.62. The number of nitrogens with two attached hydrogens (primary N) is 1. The van der Waals surface area contributed by atoms with Crippen LogP contribution in [0.5, 0.6) is 0 Å². The molecule has 1 atom stereocenters. The van der Waals surface area contributed by atoms with Gasteiger partial charge >= 0.3 is 0 Å². The number of allylic oxidation sites excluding steroid dienone is 1. The van der Waals surface area contributed by atoms with Gasteiger partial charge < -0.3 is 11.1 Å². The number of rotatable bonds is 1. The SMILES string of the molecule is Nc1ccccc1C1N=C/C=C\Nc2ccccc21. The molecule has 1 aliphatic heterocycles. The lowest BCUT2D eigenvalue weighted by atomic mass is 9.96. The van der Waals surface area contributed by atoms with Gasteiger partial charge in [0, 0.05) is 34.9 Å². The molecule has 19 heavy (non-hydrogen) atoms. The summed E-state index contributed by atoms with van der Waals surface area (Å²) < 4.78 is 0. The highest BCUT2D eigenvalue weighted by molar-refractivity contribution is 5.75. The molecule has 1 heterocycles. The molecule has 1 unspecified atom stereocenters. The topological polar surface area (TPSA) is 50.4 Å². The summed E-state index contributed by atoms with van der Waals surface area (Å²) in [5.74, 6) is 0. The van der Waals surface area contributed by atoms with Crippen LogP contribution in [0.2, 0.25) is 0 Å². The fourth-order valence-electron chi connectivity index (χ4n) is 2.27. The average molecular weight is 249 g/mol. The van der Waals surface area contributed by atoms with Crippen LogP contribution in [0.3, 0.4) is 0 Å². The van der Waals surface area contributed by atoms with Crippen LogP contribution in [0.4, 0.5) is 11.4 Å². The van der Waals surface area contributed by atoms with Crippen molar-refractivity contribution in [2.75, 3.05) is 11.1 Å². The number of nitrogens with one attached hydrogen (secondary N) is 1. The van der Waals surface area contributed by atoms with Gasteiger partial charge in [-0.05, 0) is 18.2 Å². The zero-order valence-electron chi connectivity index (χ0n) is 10.5. The van der Waals surface area contributed by atoms with Gasteiger partial charge in [-0.3, -0.25) is 4.99 Å². The molecule has 0 amide bonds.